The molecular formula is C19H17F3O4. The van der Waals surface area contributed by atoms with E-state index in [9.17, 15) is 22.8 Å². The summed E-state index contributed by atoms with van der Waals surface area (Å²) in [6.07, 6.45) is -4.61. The van der Waals surface area contributed by atoms with Gasteiger partial charge in [-0.3, -0.25) is 9.59 Å². The van der Waals surface area contributed by atoms with Crippen molar-refractivity contribution >= 4 is 11.8 Å². The van der Waals surface area contributed by atoms with E-state index >= 15 is 0 Å². The molecule has 138 valence electrons. The molecule has 26 heavy (non-hydrogen) atoms. The highest BCUT2D eigenvalue weighted by Gasteiger charge is 2.33. The van der Waals surface area contributed by atoms with Gasteiger partial charge < -0.3 is 9.47 Å². The normalized spacial score (nSPS) is 11.1. The molecule has 7 heteroatoms. The van der Waals surface area contributed by atoms with Crippen LogP contribution in [-0.4, -0.2) is 18.4 Å². The minimum absolute atomic E-state index is 0.0131. The van der Waals surface area contributed by atoms with Gasteiger partial charge in [-0.1, -0.05) is 18.2 Å². The average Bonchev–Trinajstić information content (AvgIpc) is 2.60. The van der Waals surface area contributed by atoms with Crippen LogP contribution in [0.5, 0.6) is 5.75 Å². The van der Waals surface area contributed by atoms with Crippen molar-refractivity contribution in [3.63, 3.8) is 0 Å². The maximum absolute atomic E-state index is 12.9. The summed E-state index contributed by atoms with van der Waals surface area (Å²) in [5, 5.41) is 0. The van der Waals surface area contributed by atoms with Crippen molar-refractivity contribution in [1.29, 1.82) is 0 Å². The number of carbonyl (C=O) groups excluding carboxylic acids is 2. The van der Waals surface area contributed by atoms with Gasteiger partial charge in [-0.25, -0.2) is 0 Å². The SMILES string of the molecule is CC(=O)c1ccc(OCCC(=O)OCc2ccccc2C(F)(F)F)cc1. The van der Waals surface area contributed by atoms with E-state index in [0.29, 0.717) is 11.3 Å². The van der Waals surface area contributed by atoms with Crippen LogP contribution in [0.2, 0.25) is 0 Å². The van der Waals surface area contributed by atoms with Crippen LogP contribution in [0.4, 0.5) is 13.2 Å². The van der Waals surface area contributed by atoms with Crippen molar-refractivity contribution in [3.05, 3.63) is 65.2 Å². The molecule has 2 aromatic carbocycles. The number of ether oxygens (including phenoxy) is 2. The highest BCUT2D eigenvalue weighted by Crippen LogP contribution is 2.32. The fourth-order valence-corrected chi connectivity index (χ4v) is 2.19. The molecule has 2 rings (SSSR count). The Labute approximate surface area is 148 Å². The molecule has 4 nitrogen and oxygen atoms in total. The molecule has 0 aliphatic carbocycles. The molecule has 0 heterocycles. The van der Waals surface area contributed by atoms with E-state index in [0.717, 1.165) is 6.07 Å². The van der Waals surface area contributed by atoms with Gasteiger partial charge in [0.2, 0.25) is 0 Å². The first-order chi connectivity index (χ1) is 12.3. The Morgan fingerprint density at radius 3 is 2.27 bits per heavy atom. The van der Waals surface area contributed by atoms with Gasteiger partial charge in [0.15, 0.2) is 5.78 Å². The van der Waals surface area contributed by atoms with Gasteiger partial charge in [0, 0.05) is 11.1 Å². The molecule has 0 unspecified atom stereocenters. The van der Waals surface area contributed by atoms with E-state index in [1.807, 2.05) is 0 Å². The van der Waals surface area contributed by atoms with Gasteiger partial charge in [-0.2, -0.15) is 13.2 Å². The predicted molar refractivity (Wildman–Crippen MR) is 87.8 cm³/mol. The number of hydrogen-bond donors (Lipinski definition) is 0. The van der Waals surface area contributed by atoms with Gasteiger partial charge in [0.25, 0.3) is 0 Å². The number of esters is 1. The lowest BCUT2D eigenvalue weighted by atomic mass is 10.1. The van der Waals surface area contributed by atoms with Crippen molar-refractivity contribution in [2.45, 2.75) is 26.1 Å². The van der Waals surface area contributed by atoms with E-state index in [-0.39, 0.29) is 24.4 Å². The third kappa shape index (κ3) is 5.61. The first-order valence-corrected chi connectivity index (χ1v) is 7.82. The molecule has 0 saturated heterocycles. The predicted octanol–water partition coefficient (Wildman–Crippen LogP) is 4.42. The molecule has 0 spiro atoms. The maximum Gasteiger partial charge on any atom is 0.416 e. The Bertz CT molecular complexity index is 767. The van der Waals surface area contributed by atoms with Gasteiger partial charge in [-0.05, 0) is 37.3 Å². The highest BCUT2D eigenvalue weighted by atomic mass is 19.4. The quantitative estimate of drug-likeness (QED) is 0.538. The van der Waals surface area contributed by atoms with Crippen LogP contribution in [0, 0.1) is 0 Å². The van der Waals surface area contributed by atoms with E-state index in [4.69, 9.17) is 9.47 Å². The zero-order valence-electron chi connectivity index (χ0n) is 14.0. The third-order valence-corrected chi connectivity index (χ3v) is 3.55. The van der Waals surface area contributed by atoms with Crippen LogP contribution in [0.25, 0.3) is 0 Å². The molecular weight excluding hydrogens is 349 g/mol. The van der Waals surface area contributed by atoms with E-state index in [1.165, 1.54) is 25.1 Å². The number of rotatable bonds is 7. The molecule has 0 N–H and O–H groups in total. The molecule has 0 aliphatic heterocycles. The van der Waals surface area contributed by atoms with Crippen molar-refractivity contribution in [2.75, 3.05) is 6.61 Å². The molecule has 0 aromatic heterocycles. The number of ketones is 1. The van der Waals surface area contributed by atoms with Crippen molar-refractivity contribution in [2.24, 2.45) is 0 Å². The summed E-state index contributed by atoms with van der Waals surface area (Å²) in [4.78, 5) is 22.8. The fourth-order valence-electron chi connectivity index (χ4n) is 2.19. The van der Waals surface area contributed by atoms with Crippen LogP contribution in [0.3, 0.4) is 0 Å². The first kappa shape index (κ1) is 19.5. The van der Waals surface area contributed by atoms with Crippen molar-refractivity contribution in [3.8, 4) is 5.75 Å². The minimum atomic E-state index is -4.50. The van der Waals surface area contributed by atoms with Crippen molar-refractivity contribution in [1.82, 2.24) is 0 Å². The van der Waals surface area contributed by atoms with Crippen LogP contribution in [0.15, 0.2) is 48.5 Å². The number of benzene rings is 2. The summed E-state index contributed by atoms with van der Waals surface area (Å²) in [6.45, 7) is 1.00. The second-order valence-corrected chi connectivity index (χ2v) is 5.49. The zero-order chi connectivity index (χ0) is 19.2. The largest absolute Gasteiger partial charge is 0.493 e. The third-order valence-electron chi connectivity index (χ3n) is 3.55. The summed E-state index contributed by atoms with van der Waals surface area (Å²) < 4.78 is 48.8. The second-order valence-electron chi connectivity index (χ2n) is 5.49. The van der Waals surface area contributed by atoms with Crippen LogP contribution >= 0.6 is 0 Å². The molecule has 0 radical (unpaired) electrons. The van der Waals surface area contributed by atoms with E-state index < -0.39 is 24.3 Å². The minimum Gasteiger partial charge on any atom is -0.493 e. The second kappa shape index (κ2) is 8.51. The van der Waals surface area contributed by atoms with Gasteiger partial charge in [0.05, 0.1) is 18.6 Å². The number of Topliss-reactive ketones (excluding diaryl/α,β-unsaturated/α-hetero) is 1. The van der Waals surface area contributed by atoms with Crippen molar-refractivity contribution < 1.29 is 32.2 Å². The summed E-state index contributed by atoms with van der Waals surface area (Å²) >= 11 is 0. The zero-order valence-corrected chi connectivity index (χ0v) is 14.0. The lowest BCUT2D eigenvalue weighted by Crippen LogP contribution is -2.13. The Balaban J connectivity index is 1.80. The monoisotopic (exact) mass is 366 g/mol. The number of hydrogen-bond acceptors (Lipinski definition) is 4. The lowest BCUT2D eigenvalue weighted by molar-refractivity contribution is -0.148. The molecule has 0 saturated carbocycles. The summed E-state index contributed by atoms with van der Waals surface area (Å²) in [6, 6.07) is 11.3. The standard InChI is InChI=1S/C19H17F3O4/c1-13(23)14-6-8-16(9-7-14)25-11-10-18(24)26-12-15-4-2-3-5-17(15)19(20,21)22/h2-9H,10-12H2,1H3. The van der Waals surface area contributed by atoms with Crippen LogP contribution in [-0.2, 0) is 22.3 Å². The van der Waals surface area contributed by atoms with E-state index in [1.54, 1.807) is 24.3 Å². The Morgan fingerprint density at radius 2 is 1.65 bits per heavy atom. The van der Waals surface area contributed by atoms with Gasteiger partial charge >= 0.3 is 12.1 Å². The molecule has 0 bridgehead atoms. The smallest absolute Gasteiger partial charge is 0.416 e. The summed E-state index contributed by atoms with van der Waals surface area (Å²) in [7, 11) is 0. The number of alkyl halides is 3. The molecule has 2 aromatic rings. The molecule has 0 fully saturated rings. The fraction of sp³-hybridized carbons (Fsp3) is 0.263. The first-order valence-electron chi connectivity index (χ1n) is 7.82. The summed E-state index contributed by atoms with van der Waals surface area (Å²) in [5.41, 5.74) is -0.385. The molecule has 0 atom stereocenters. The van der Waals surface area contributed by atoms with Gasteiger partial charge in [0.1, 0.15) is 12.4 Å². The van der Waals surface area contributed by atoms with Gasteiger partial charge in [-0.15, -0.1) is 0 Å². The van der Waals surface area contributed by atoms with Crippen LogP contribution in [0.1, 0.15) is 34.8 Å². The number of carbonyl (C=O) groups is 2. The molecule has 0 aliphatic rings. The Morgan fingerprint density at radius 1 is 1.00 bits per heavy atom. The van der Waals surface area contributed by atoms with Crippen LogP contribution < -0.4 is 4.74 Å². The summed E-state index contributed by atoms with van der Waals surface area (Å²) in [5.74, 6) is -0.258. The molecule has 0 amide bonds. The Hall–Kier alpha value is -2.83. The Kier molecular flexibility index (Phi) is 6.38. The number of halogens is 3. The average molecular weight is 366 g/mol. The highest BCUT2D eigenvalue weighted by molar-refractivity contribution is 5.94. The lowest BCUT2D eigenvalue weighted by Gasteiger charge is -2.13. The van der Waals surface area contributed by atoms with E-state index in [2.05, 4.69) is 0 Å². The maximum atomic E-state index is 12.9. The topological polar surface area (TPSA) is 52.6 Å².